The summed E-state index contributed by atoms with van der Waals surface area (Å²) in [7, 11) is 0. The van der Waals surface area contributed by atoms with Crippen molar-refractivity contribution >= 4 is 5.97 Å². The van der Waals surface area contributed by atoms with Gasteiger partial charge in [0.05, 0.1) is 11.5 Å². The second-order valence-electron chi connectivity index (χ2n) is 4.15. The first-order valence-electron chi connectivity index (χ1n) is 4.67. The summed E-state index contributed by atoms with van der Waals surface area (Å²) < 4.78 is 10.2. The van der Waals surface area contributed by atoms with Crippen LogP contribution in [0.4, 0.5) is 0 Å². The van der Waals surface area contributed by atoms with E-state index in [1.165, 1.54) is 0 Å². The Hall–Kier alpha value is -0.570. The molecule has 1 unspecified atom stereocenters. The molecule has 0 N–H and O–H groups in total. The Kier molecular flexibility index (Phi) is 4.99. The van der Waals surface area contributed by atoms with Crippen LogP contribution in [-0.4, -0.2) is 18.4 Å². The highest BCUT2D eigenvalue weighted by Gasteiger charge is 2.14. The summed E-state index contributed by atoms with van der Waals surface area (Å²) in [5.74, 6) is -0.227. The van der Waals surface area contributed by atoms with Crippen LogP contribution in [0.1, 0.15) is 41.0 Å². The van der Waals surface area contributed by atoms with Crippen molar-refractivity contribution in [1.82, 2.24) is 0 Å². The number of carbonyl (C=O) groups is 1. The molecule has 3 nitrogen and oxygen atoms in total. The van der Waals surface area contributed by atoms with Gasteiger partial charge in [0.1, 0.15) is 0 Å². The molecule has 0 aromatic rings. The number of hydrogen-bond donors (Lipinski definition) is 0. The van der Waals surface area contributed by atoms with Gasteiger partial charge in [0.2, 0.25) is 0 Å². The molecular formula is C10H20O3. The molecule has 0 spiro atoms. The smallest absolute Gasteiger partial charge is 0.310 e. The van der Waals surface area contributed by atoms with E-state index < -0.39 is 0 Å². The second-order valence-corrected chi connectivity index (χ2v) is 4.15. The fourth-order valence-corrected chi connectivity index (χ4v) is 0.573. The van der Waals surface area contributed by atoms with E-state index in [0.29, 0.717) is 0 Å². The van der Waals surface area contributed by atoms with Crippen LogP contribution in [0.3, 0.4) is 0 Å². The standard InChI is InChI=1S/C10H20O3/c1-6-8(2)9(11)12-7-13-10(3,4)5/h8H,6-7H2,1-5H3. The van der Waals surface area contributed by atoms with Gasteiger partial charge < -0.3 is 9.47 Å². The zero-order valence-corrected chi connectivity index (χ0v) is 9.22. The van der Waals surface area contributed by atoms with Crippen molar-refractivity contribution in [3.8, 4) is 0 Å². The molecule has 1 atom stereocenters. The van der Waals surface area contributed by atoms with Crippen molar-refractivity contribution in [2.45, 2.75) is 46.6 Å². The van der Waals surface area contributed by atoms with Crippen LogP contribution >= 0.6 is 0 Å². The second kappa shape index (κ2) is 5.22. The molecule has 0 amide bonds. The minimum Gasteiger partial charge on any atom is -0.438 e. The van der Waals surface area contributed by atoms with Gasteiger partial charge >= 0.3 is 5.97 Å². The van der Waals surface area contributed by atoms with E-state index in [1.54, 1.807) is 0 Å². The fraction of sp³-hybridized carbons (Fsp3) is 0.900. The van der Waals surface area contributed by atoms with Gasteiger partial charge in [-0.15, -0.1) is 0 Å². The van der Waals surface area contributed by atoms with Crippen LogP contribution < -0.4 is 0 Å². The van der Waals surface area contributed by atoms with Crippen LogP contribution in [0.25, 0.3) is 0 Å². The van der Waals surface area contributed by atoms with E-state index in [0.717, 1.165) is 6.42 Å². The molecular weight excluding hydrogens is 168 g/mol. The summed E-state index contributed by atoms with van der Waals surface area (Å²) in [4.78, 5) is 11.2. The van der Waals surface area contributed by atoms with Crippen LogP contribution in [0.5, 0.6) is 0 Å². The van der Waals surface area contributed by atoms with E-state index in [4.69, 9.17) is 9.47 Å². The first kappa shape index (κ1) is 12.4. The predicted octanol–water partition coefficient (Wildman–Crippen LogP) is 2.35. The fourth-order valence-electron chi connectivity index (χ4n) is 0.573. The van der Waals surface area contributed by atoms with Gasteiger partial charge in [0.15, 0.2) is 6.79 Å². The minimum atomic E-state index is -0.254. The predicted molar refractivity (Wildman–Crippen MR) is 51.3 cm³/mol. The number of esters is 1. The Morgan fingerprint density at radius 2 is 1.92 bits per heavy atom. The highest BCUT2D eigenvalue weighted by molar-refractivity contribution is 5.71. The molecule has 0 aromatic heterocycles. The van der Waals surface area contributed by atoms with Crippen molar-refractivity contribution < 1.29 is 14.3 Å². The summed E-state index contributed by atoms with van der Waals surface area (Å²) in [5.41, 5.74) is -0.254. The van der Waals surface area contributed by atoms with Gasteiger partial charge in [-0.1, -0.05) is 13.8 Å². The van der Waals surface area contributed by atoms with Gasteiger partial charge in [-0.3, -0.25) is 4.79 Å². The first-order chi connectivity index (χ1) is 5.87. The minimum absolute atomic E-state index is 0.0384. The molecule has 78 valence electrons. The lowest BCUT2D eigenvalue weighted by atomic mass is 10.1. The van der Waals surface area contributed by atoms with Crippen molar-refractivity contribution in [2.75, 3.05) is 6.79 Å². The lowest BCUT2D eigenvalue weighted by Gasteiger charge is -2.19. The van der Waals surface area contributed by atoms with Gasteiger partial charge in [-0.25, -0.2) is 0 Å². The molecule has 0 aliphatic rings. The maximum absolute atomic E-state index is 11.2. The van der Waals surface area contributed by atoms with Crippen molar-refractivity contribution in [2.24, 2.45) is 5.92 Å². The molecule has 0 fully saturated rings. The number of rotatable bonds is 4. The normalized spacial score (nSPS) is 13.9. The molecule has 0 aliphatic carbocycles. The molecule has 0 saturated carbocycles. The quantitative estimate of drug-likeness (QED) is 0.502. The summed E-state index contributed by atoms with van der Waals surface area (Å²) in [5, 5.41) is 0. The van der Waals surface area contributed by atoms with Gasteiger partial charge in [0, 0.05) is 0 Å². The van der Waals surface area contributed by atoms with E-state index in [-0.39, 0.29) is 24.3 Å². The van der Waals surface area contributed by atoms with Crippen molar-refractivity contribution in [3.63, 3.8) is 0 Å². The van der Waals surface area contributed by atoms with E-state index >= 15 is 0 Å². The largest absolute Gasteiger partial charge is 0.438 e. The monoisotopic (exact) mass is 188 g/mol. The molecule has 13 heavy (non-hydrogen) atoms. The van der Waals surface area contributed by atoms with Crippen molar-refractivity contribution in [3.05, 3.63) is 0 Å². The van der Waals surface area contributed by atoms with Gasteiger partial charge in [0.25, 0.3) is 0 Å². The maximum atomic E-state index is 11.2. The van der Waals surface area contributed by atoms with Crippen LogP contribution in [0, 0.1) is 5.92 Å². The number of carbonyl (C=O) groups excluding carboxylic acids is 1. The average molecular weight is 188 g/mol. The SMILES string of the molecule is CCC(C)C(=O)OCOC(C)(C)C. The Labute approximate surface area is 80.4 Å². The molecule has 3 heteroatoms. The highest BCUT2D eigenvalue weighted by atomic mass is 16.7. The third-order valence-corrected chi connectivity index (χ3v) is 1.71. The molecule has 0 radical (unpaired) electrons. The number of hydrogen-bond acceptors (Lipinski definition) is 3. The molecule has 0 aromatic carbocycles. The van der Waals surface area contributed by atoms with Gasteiger partial charge in [-0.05, 0) is 27.2 Å². The average Bonchev–Trinajstić information content (AvgIpc) is 2.00. The lowest BCUT2D eigenvalue weighted by molar-refractivity contribution is -0.171. The topological polar surface area (TPSA) is 35.5 Å². The molecule has 0 rings (SSSR count). The number of ether oxygens (including phenoxy) is 2. The zero-order valence-electron chi connectivity index (χ0n) is 9.22. The molecule has 0 heterocycles. The van der Waals surface area contributed by atoms with Crippen LogP contribution in [0.2, 0.25) is 0 Å². The summed E-state index contributed by atoms with van der Waals surface area (Å²) in [6.07, 6.45) is 0.800. The lowest BCUT2D eigenvalue weighted by Crippen LogP contribution is -2.24. The van der Waals surface area contributed by atoms with Gasteiger partial charge in [-0.2, -0.15) is 0 Å². The Morgan fingerprint density at radius 3 is 2.31 bits per heavy atom. The third kappa shape index (κ3) is 6.58. The third-order valence-electron chi connectivity index (χ3n) is 1.71. The Morgan fingerprint density at radius 1 is 1.38 bits per heavy atom. The Balaban J connectivity index is 3.60. The molecule has 0 bridgehead atoms. The van der Waals surface area contributed by atoms with E-state index in [1.807, 2.05) is 34.6 Å². The highest BCUT2D eigenvalue weighted by Crippen LogP contribution is 2.08. The summed E-state index contributed by atoms with van der Waals surface area (Å²) >= 11 is 0. The van der Waals surface area contributed by atoms with E-state index in [2.05, 4.69) is 0 Å². The maximum Gasteiger partial charge on any atom is 0.310 e. The molecule has 0 saturated heterocycles. The van der Waals surface area contributed by atoms with Crippen LogP contribution in [0.15, 0.2) is 0 Å². The van der Waals surface area contributed by atoms with Crippen molar-refractivity contribution in [1.29, 1.82) is 0 Å². The van der Waals surface area contributed by atoms with Crippen LogP contribution in [-0.2, 0) is 14.3 Å². The van der Waals surface area contributed by atoms with E-state index in [9.17, 15) is 4.79 Å². The summed E-state index contributed by atoms with van der Waals surface area (Å²) in [6.45, 7) is 9.61. The Bertz CT molecular complexity index is 158. The molecule has 0 aliphatic heterocycles. The summed E-state index contributed by atoms with van der Waals surface area (Å²) in [6, 6.07) is 0. The zero-order chi connectivity index (χ0) is 10.5. The first-order valence-corrected chi connectivity index (χ1v) is 4.67.